The molecule has 0 radical (unpaired) electrons. The van der Waals surface area contributed by atoms with E-state index in [0.29, 0.717) is 23.0 Å². The molecule has 6 heteroatoms. The van der Waals surface area contributed by atoms with Crippen LogP contribution in [0.1, 0.15) is 33.6 Å². The number of aromatic nitrogens is 2. The van der Waals surface area contributed by atoms with Crippen LogP contribution in [0.25, 0.3) is 0 Å². The van der Waals surface area contributed by atoms with Gasteiger partial charge in [-0.1, -0.05) is 20.8 Å². The molecule has 1 fully saturated rings. The van der Waals surface area contributed by atoms with Crippen molar-refractivity contribution in [2.24, 2.45) is 5.92 Å². The molecule has 0 aromatic carbocycles. The largest absolute Gasteiger partial charge is 0.379 e. The van der Waals surface area contributed by atoms with Gasteiger partial charge in [-0.15, -0.1) is 0 Å². The molecule has 1 aliphatic rings. The third-order valence-electron chi connectivity index (χ3n) is 3.84. The molecule has 0 bridgehead atoms. The van der Waals surface area contributed by atoms with Gasteiger partial charge in [0.05, 0.1) is 11.9 Å². The number of halogens is 1. The molecule has 21 heavy (non-hydrogen) atoms. The van der Waals surface area contributed by atoms with Crippen molar-refractivity contribution in [2.75, 3.05) is 25.0 Å². The van der Waals surface area contributed by atoms with Gasteiger partial charge in [-0.3, -0.25) is 4.79 Å². The van der Waals surface area contributed by atoms with Crippen molar-refractivity contribution in [1.82, 2.24) is 14.7 Å². The van der Waals surface area contributed by atoms with Crippen LogP contribution in [0.3, 0.4) is 0 Å². The van der Waals surface area contributed by atoms with E-state index in [1.807, 2.05) is 0 Å². The van der Waals surface area contributed by atoms with E-state index in [-0.39, 0.29) is 5.56 Å². The lowest BCUT2D eigenvalue weighted by molar-refractivity contribution is 0.227. The van der Waals surface area contributed by atoms with E-state index in [1.54, 1.807) is 6.20 Å². The van der Waals surface area contributed by atoms with E-state index in [4.69, 9.17) is 0 Å². The maximum Gasteiger partial charge on any atom is 0.283 e. The zero-order valence-electron chi connectivity index (χ0n) is 13.1. The summed E-state index contributed by atoms with van der Waals surface area (Å²) >= 11 is 3.43. The van der Waals surface area contributed by atoms with Crippen LogP contribution in [0.15, 0.2) is 15.5 Å². The molecule has 118 valence electrons. The lowest BCUT2D eigenvalue weighted by Gasteiger charge is -2.32. The quantitative estimate of drug-likeness (QED) is 0.880. The van der Waals surface area contributed by atoms with Gasteiger partial charge in [-0.05, 0) is 47.8 Å². The van der Waals surface area contributed by atoms with Crippen molar-refractivity contribution in [1.29, 1.82) is 0 Å². The fraction of sp³-hybridized carbons (Fsp3) is 0.733. The number of nitrogens with zero attached hydrogens (tertiary/aromatic N) is 3. The topological polar surface area (TPSA) is 50.2 Å². The van der Waals surface area contributed by atoms with Gasteiger partial charge in [-0.2, -0.15) is 5.10 Å². The van der Waals surface area contributed by atoms with Crippen LogP contribution >= 0.6 is 15.9 Å². The van der Waals surface area contributed by atoms with Crippen molar-refractivity contribution >= 4 is 21.6 Å². The number of hydrogen-bond donors (Lipinski definition) is 1. The molecule has 0 amide bonds. The second-order valence-electron chi connectivity index (χ2n) is 6.13. The SMILES string of the molecule is CCN1CCCC(Nc2cnn(CC(C)C)c(=O)c2Br)C1. The van der Waals surface area contributed by atoms with Crippen molar-refractivity contribution in [3.05, 3.63) is 21.0 Å². The predicted octanol–water partition coefficient (Wildman–Crippen LogP) is 2.56. The highest BCUT2D eigenvalue weighted by atomic mass is 79.9. The monoisotopic (exact) mass is 356 g/mol. The molecular formula is C15H25BrN4O. The first-order valence-corrected chi connectivity index (χ1v) is 8.55. The smallest absolute Gasteiger partial charge is 0.283 e. The van der Waals surface area contributed by atoms with Gasteiger partial charge in [0, 0.05) is 19.1 Å². The average molecular weight is 357 g/mol. The van der Waals surface area contributed by atoms with Gasteiger partial charge in [0.2, 0.25) is 0 Å². The summed E-state index contributed by atoms with van der Waals surface area (Å²) in [6, 6.07) is 0.386. The highest BCUT2D eigenvalue weighted by Gasteiger charge is 2.20. The second kappa shape index (κ2) is 7.40. The minimum absolute atomic E-state index is 0.0585. The van der Waals surface area contributed by atoms with E-state index in [1.165, 1.54) is 17.6 Å². The van der Waals surface area contributed by atoms with Crippen molar-refractivity contribution in [3.63, 3.8) is 0 Å². The summed E-state index contributed by atoms with van der Waals surface area (Å²) < 4.78 is 2.12. The van der Waals surface area contributed by atoms with Gasteiger partial charge < -0.3 is 10.2 Å². The predicted molar refractivity (Wildman–Crippen MR) is 89.8 cm³/mol. The fourth-order valence-corrected chi connectivity index (χ4v) is 3.14. The first kappa shape index (κ1) is 16.5. The summed E-state index contributed by atoms with van der Waals surface area (Å²) in [6.45, 7) is 10.3. The molecule has 0 spiro atoms. The third kappa shape index (κ3) is 4.30. The second-order valence-corrected chi connectivity index (χ2v) is 6.92. The summed E-state index contributed by atoms with van der Waals surface area (Å²) in [5, 5.41) is 7.75. The van der Waals surface area contributed by atoms with Crippen LogP contribution in [0.5, 0.6) is 0 Å². The zero-order chi connectivity index (χ0) is 15.4. The van der Waals surface area contributed by atoms with Crippen LogP contribution in [-0.4, -0.2) is 40.4 Å². The van der Waals surface area contributed by atoms with Crippen molar-refractivity contribution in [2.45, 2.75) is 46.2 Å². The minimum atomic E-state index is -0.0585. The van der Waals surface area contributed by atoms with Crippen LogP contribution < -0.4 is 10.9 Å². The van der Waals surface area contributed by atoms with Crippen molar-refractivity contribution in [3.8, 4) is 0 Å². The molecule has 2 rings (SSSR count). The molecule has 1 saturated heterocycles. The van der Waals surface area contributed by atoms with Gasteiger partial charge in [0.15, 0.2) is 0 Å². The fourth-order valence-electron chi connectivity index (χ4n) is 2.72. The lowest BCUT2D eigenvalue weighted by Crippen LogP contribution is -2.42. The molecular weight excluding hydrogens is 332 g/mol. The van der Waals surface area contributed by atoms with E-state index >= 15 is 0 Å². The first-order chi connectivity index (χ1) is 10.0. The summed E-state index contributed by atoms with van der Waals surface area (Å²) in [5.41, 5.74) is 0.750. The lowest BCUT2D eigenvalue weighted by atomic mass is 10.1. The van der Waals surface area contributed by atoms with E-state index in [0.717, 1.165) is 25.2 Å². The Morgan fingerprint density at radius 1 is 1.52 bits per heavy atom. The van der Waals surface area contributed by atoms with E-state index < -0.39 is 0 Å². The van der Waals surface area contributed by atoms with Gasteiger partial charge >= 0.3 is 0 Å². The number of anilines is 1. The van der Waals surface area contributed by atoms with E-state index in [9.17, 15) is 4.79 Å². The van der Waals surface area contributed by atoms with Crippen LogP contribution in [0, 0.1) is 5.92 Å². The Kier molecular flexibility index (Phi) is 5.81. The Labute approximate surface area is 134 Å². The molecule has 0 saturated carbocycles. The molecule has 2 heterocycles. The van der Waals surface area contributed by atoms with Gasteiger partial charge in [-0.25, -0.2) is 4.68 Å². The Morgan fingerprint density at radius 3 is 2.95 bits per heavy atom. The van der Waals surface area contributed by atoms with Crippen LogP contribution in [-0.2, 0) is 6.54 Å². The number of likely N-dealkylation sites (tertiary alicyclic amines) is 1. The maximum absolute atomic E-state index is 12.3. The summed E-state index contributed by atoms with van der Waals surface area (Å²) in [4.78, 5) is 14.7. The Morgan fingerprint density at radius 2 is 2.29 bits per heavy atom. The number of hydrogen-bond acceptors (Lipinski definition) is 4. The van der Waals surface area contributed by atoms with Gasteiger partial charge in [0.1, 0.15) is 4.47 Å². The summed E-state index contributed by atoms with van der Waals surface area (Å²) in [5.74, 6) is 0.400. The highest BCUT2D eigenvalue weighted by Crippen LogP contribution is 2.20. The summed E-state index contributed by atoms with van der Waals surface area (Å²) in [6.07, 6.45) is 4.09. The first-order valence-electron chi connectivity index (χ1n) is 7.75. The number of rotatable bonds is 5. The third-order valence-corrected chi connectivity index (χ3v) is 4.60. The normalized spacial score (nSPS) is 20.0. The Balaban J connectivity index is 2.10. The minimum Gasteiger partial charge on any atom is -0.379 e. The molecule has 1 N–H and O–H groups in total. The van der Waals surface area contributed by atoms with Gasteiger partial charge in [0.25, 0.3) is 5.56 Å². The van der Waals surface area contributed by atoms with Crippen LogP contribution in [0.4, 0.5) is 5.69 Å². The van der Waals surface area contributed by atoms with Crippen molar-refractivity contribution < 1.29 is 0 Å². The highest BCUT2D eigenvalue weighted by molar-refractivity contribution is 9.10. The zero-order valence-corrected chi connectivity index (χ0v) is 14.7. The standard InChI is InChI=1S/C15H25BrN4O/c1-4-19-7-5-6-12(10-19)18-13-8-17-20(9-11(2)3)15(21)14(13)16/h8,11-12,18H,4-7,9-10H2,1-3H3. The maximum atomic E-state index is 12.3. The Bertz CT molecular complexity index is 529. The number of nitrogens with one attached hydrogen (secondary N) is 1. The van der Waals surface area contributed by atoms with Crippen LogP contribution in [0.2, 0.25) is 0 Å². The molecule has 1 aromatic rings. The molecule has 1 aliphatic heterocycles. The number of likely N-dealkylation sites (N-methyl/N-ethyl adjacent to an activating group) is 1. The molecule has 1 atom stereocenters. The number of piperidine rings is 1. The molecule has 1 aromatic heterocycles. The summed E-state index contributed by atoms with van der Waals surface area (Å²) in [7, 11) is 0. The molecule has 1 unspecified atom stereocenters. The molecule has 0 aliphatic carbocycles. The average Bonchev–Trinajstić information content (AvgIpc) is 2.47. The Hall–Kier alpha value is -0.880. The molecule has 5 nitrogen and oxygen atoms in total. The van der Waals surface area contributed by atoms with E-state index in [2.05, 4.69) is 52.0 Å².